The van der Waals surface area contributed by atoms with Crippen LogP contribution in [0.2, 0.25) is 5.02 Å². The second-order valence-corrected chi connectivity index (χ2v) is 12.1. The molecule has 0 spiro atoms. The number of aliphatic hydroxyl groups is 1. The summed E-state index contributed by atoms with van der Waals surface area (Å²) in [4.78, 5) is 37.1. The third-order valence-electron chi connectivity index (χ3n) is 5.85. The van der Waals surface area contributed by atoms with Crippen molar-refractivity contribution in [1.82, 2.24) is 18.8 Å². The highest BCUT2D eigenvalue weighted by Crippen LogP contribution is 2.29. The number of anilines is 1. The van der Waals surface area contributed by atoms with Crippen LogP contribution in [0.4, 0.5) is 10.6 Å². The number of β-amino-alcohol motifs (C(OH)–C–C–N with tert-alkyl or cyclic N) is 1. The Morgan fingerprint density at radius 3 is 2.49 bits per heavy atom. The first kappa shape index (κ1) is 26.8. The smallest absolute Gasteiger partial charge is 0.411 e. The zero-order valence-corrected chi connectivity index (χ0v) is 22.6. The van der Waals surface area contributed by atoms with Gasteiger partial charge in [-0.15, -0.1) is 0 Å². The van der Waals surface area contributed by atoms with E-state index in [0.29, 0.717) is 0 Å². The molecule has 1 saturated heterocycles. The second-order valence-electron chi connectivity index (χ2n) is 9.93. The summed E-state index contributed by atoms with van der Waals surface area (Å²) in [6, 6.07) is 5.38. The van der Waals surface area contributed by atoms with Gasteiger partial charge in [0, 0.05) is 19.7 Å². The molecule has 0 radical (unpaired) electrons. The van der Waals surface area contributed by atoms with E-state index in [1.165, 1.54) is 41.4 Å². The van der Waals surface area contributed by atoms with Crippen molar-refractivity contribution in [2.24, 2.45) is 0 Å². The first-order valence-electron chi connectivity index (χ1n) is 11.5. The van der Waals surface area contributed by atoms with Crippen LogP contribution in [-0.2, 0) is 19.6 Å². The number of aromatic nitrogens is 3. The van der Waals surface area contributed by atoms with Crippen LogP contribution >= 0.6 is 11.6 Å². The van der Waals surface area contributed by atoms with Gasteiger partial charge in [-0.1, -0.05) is 29.3 Å². The zero-order chi connectivity index (χ0) is 27.3. The molecule has 0 unspecified atom stereocenters. The number of hydrogen-bond donors (Lipinski definition) is 1. The van der Waals surface area contributed by atoms with Crippen LogP contribution in [0, 0.1) is 6.92 Å². The van der Waals surface area contributed by atoms with Crippen LogP contribution in [0.25, 0.3) is 11.2 Å². The molecular formula is C24H28ClN5O6S. The van der Waals surface area contributed by atoms with Crippen LogP contribution in [0.15, 0.2) is 41.6 Å². The number of aryl methyl sites for hydroxylation is 1. The highest BCUT2D eigenvalue weighted by atomic mass is 35.5. The molecular weight excluding hydrogens is 522 g/mol. The van der Waals surface area contributed by atoms with Gasteiger partial charge in [0.25, 0.3) is 15.9 Å². The number of ether oxygens (including phenoxy) is 1. The molecule has 2 aromatic heterocycles. The minimum atomic E-state index is -4.00. The molecule has 2 atom stereocenters. The number of halogens is 1. The monoisotopic (exact) mass is 549 g/mol. The fourth-order valence-corrected chi connectivity index (χ4v) is 5.59. The molecule has 0 aliphatic carbocycles. The minimum Gasteiger partial charge on any atom is -0.444 e. The van der Waals surface area contributed by atoms with Crippen LogP contribution < -0.4 is 4.90 Å². The maximum atomic E-state index is 13.3. The lowest BCUT2D eigenvalue weighted by molar-refractivity contribution is -0.122. The average molecular weight is 550 g/mol. The molecule has 198 valence electrons. The summed E-state index contributed by atoms with van der Waals surface area (Å²) < 4.78 is 32.7. The van der Waals surface area contributed by atoms with Crippen molar-refractivity contribution in [3.05, 3.63) is 47.2 Å². The van der Waals surface area contributed by atoms with Gasteiger partial charge >= 0.3 is 6.09 Å². The molecule has 1 N–H and O–H groups in total. The maximum absolute atomic E-state index is 13.3. The van der Waals surface area contributed by atoms with Crippen molar-refractivity contribution < 1.29 is 27.9 Å². The Bertz CT molecular complexity index is 1470. The number of hydrogen-bond acceptors (Lipinski definition) is 8. The molecule has 4 rings (SSSR count). The van der Waals surface area contributed by atoms with Gasteiger partial charge < -0.3 is 9.84 Å². The lowest BCUT2D eigenvalue weighted by atomic mass is 10.1. The number of aliphatic hydroxyl groups excluding tert-OH is 1. The van der Waals surface area contributed by atoms with E-state index in [1.54, 1.807) is 32.9 Å². The predicted octanol–water partition coefficient (Wildman–Crippen LogP) is 2.96. The topological polar surface area (TPSA) is 135 Å². The minimum absolute atomic E-state index is 0.00171. The Morgan fingerprint density at radius 2 is 1.86 bits per heavy atom. The van der Waals surface area contributed by atoms with Crippen LogP contribution in [0.5, 0.6) is 0 Å². The Morgan fingerprint density at radius 1 is 1.22 bits per heavy atom. The van der Waals surface area contributed by atoms with E-state index in [4.69, 9.17) is 16.3 Å². The van der Waals surface area contributed by atoms with E-state index in [1.807, 2.05) is 6.92 Å². The summed E-state index contributed by atoms with van der Waals surface area (Å²) >= 11 is 6.33. The van der Waals surface area contributed by atoms with Crippen molar-refractivity contribution in [3.63, 3.8) is 0 Å². The number of fused-ring (bicyclic) bond motifs is 1. The first-order chi connectivity index (χ1) is 17.2. The van der Waals surface area contributed by atoms with Crippen LogP contribution in [0.1, 0.15) is 32.8 Å². The zero-order valence-electron chi connectivity index (χ0n) is 21.0. The quantitative estimate of drug-likeness (QED) is 0.525. The van der Waals surface area contributed by atoms with Gasteiger partial charge in [-0.25, -0.2) is 27.2 Å². The average Bonchev–Trinajstić information content (AvgIpc) is 3.37. The number of benzene rings is 1. The summed E-state index contributed by atoms with van der Waals surface area (Å²) in [6.07, 6.45) is 0.896. The number of nitrogens with zero attached hydrogens (tertiary/aromatic N) is 5. The Kier molecular flexibility index (Phi) is 6.95. The molecule has 3 heterocycles. The predicted molar refractivity (Wildman–Crippen MR) is 137 cm³/mol. The third-order valence-corrected chi connectivity index (χ3v) is 7.79. The number of carbonyl (C=O) groups excluding carboxylic acids is 2. The summed E-state index contributed by atoms with van der Waals surface area (Å²) in [7, 11) is -2.55. The SMILES string of the molecule is Cc1ccc(S(=O)(=O)n2cc(Cl)c3nc(N(C)C(=O)[C@H]4C[C@@H](O)CN4C(=O)OC(C)(C)C)cnc32)cc1. The summed E-state index contributed by atoms with van der Waals surface area (Å²) in [6.45, 7) is 6.93. The highest BCUT2D eigenvalue weighted by molar-refractivity contribution is 7.90. The number of rotatable bonds is 4. The number of carbonyl (C=O) groups is 2. The molecule has 2 amide bonds. The number of amides is 2. The van der Waals surface area contributed by atoms with E-state index in [0.717, 1.165) is 9.54 Å². The van der Waals surface area contributed by atoms with Crippen LogP contribution in [0.3, 0.4) is 0 Å². The van der Waals surface area contributed by atoms with E-state index in [9.17, 15) is 23.1 Å². The second kappa shape index (κ2) is 9.58. The number of likely N-dealkylation sites (tertiary alicyclic amines) is 1. The summed E-state index contributed by atoms with van der Waals surface area (Å²) in [5.41, 5.74) is 0.224. The standard InChI is InChI=1S/C24H28ClN5O6S/c1-14-6-8-16(9-7-14)37(34,35)30-13-17(25)20-21(30)26-11-19(27-20)28(5)22(32)18-10-15(31)12-29(18)23(33)36-24(2,3)4/h6-9,11,13,15,18,31H,10,12H2,1-5H3/t15-,18-/m1/s1. The molecule has 11 nitrogen and oxygen atoms in total. The van der Waals surface area contributed by atoms with Gasteiger partial charge in [0.1, 0.15) is 17.2 Å². The number of likely N-dealkylation sites (N-methyl/N-ethyl adjacent to an activating group) is 1. The van der Waals surface area contributed by atoms with Crippen molar-refractivity contribution in [3.8, 4) is 0 Å². The van der Waals surface area contributed by atoms with E-state index in [2.05, 4.69) is 9.97 Å². The normalized spacial score (nSPS) is 18.3. The lowest BCUT2D eigenvalue weighted by Crippen LogP contribution is -2.48. The van der Waals surface area contributed by atoms with Gasteiger partial charge in [0.05, 0.1) is 28.8 Å². The molecule has 1 fully saturated rings. The van der Waals surface area contributed by atoms with Gasteiger partial charge in [-0.3, -0.25) is 14.6 Å². The fraction of sp³-hybridized carbons (Fsp3) is 0.417. The van der Waals surface area contributed by atoms with E-state index in [-0.39, 0.29) is 39.9 Å². The van der Waals surface area contributed by atoms with Crippen LogP contribution in [-0.4, -0.2) is 75.7 Å². The van der Waals surface area contributed by atoms with Gasteiger partial charge in [-0.2, -0.15) is 0 Å². The maximum Gasteiger partial charge on any atom is 0.411 e. The third kappa shape index (κ3) is 5.27. The molecule has 1 aromatic carbocycles. The van der Waals surface area contributed by atoms with Gasteiger partial charge in [0.15, 0.2) is 11.5 Å². The molecule has 3 aromatic rings. The van der Waals surface area contributed by atoms with Crippen molar-refractivity contribution >= 4 is 50.6 Å². The Hall–Kier alpha value is -3.22. The van der Waals surface area contributed by atoms with Crippen molar-refractivity contribution in [2.45, 2.75) is 56.8 Å². The van der Waals surface area contributed by atoms with Gasteiger partial charge in [0.2, 0.25) is 0 Å². The van der Waals surface area contributed by atoms with E-state index < -0.39 is 39.8 Å². The molecule has 1 aliphatic rings. The molecule has 13 heteroatoms. The summed E-state index contributed by atoms with van der Waals surface area (Å²) in [5, 5.41) is 10.2. The van der Waals surface area contributed by atoms with Gasteiger partial charge in [-0.05, 0) is 39.8 Å². The fourth-order valence-electron chi connectivity index (χ4n) is 4.00. The first-order valence-corrected chi connectivity index (χ1v) is 13.3. The molecule has 1 aliphatic heterocycles. The van der Waals surface area contributed by atoms with Crippen molar-refractivity contribution in [2.75, 3.05) is 18.5 Å². The molecule has 37 heavy (non-hydrogen) atoms. The Balaban J connectivity index is 1.64. The van der Waals surface area contributed by atoms with E-state index >= 15 is 0 Å². The lowest BCUT2D eigenvalue weighted by Gasteiger charge is -2.29. The van der Waals surface area contributed by atoms with Crippen molar-refractivity contribution in [1.29, 1.82) is 0 Å². The Labute approximate surface area is 219 Å². The molecule has 0 bridgehead atoms. The largest absolute Gasteiger partial charge is 0.444 e. The summed E-state index contributed by atoms with van der Waals surface area (Å²) in [5.74, 6) is -0.422. The highest BCUT2D eigenvalue weighted by Gasteiger charge is 2.42. The molecule has 0 saturated carbocycles.